The van der Waals surface area contributed by atoms with Crippen molar-refractivity contribution in [2.75, 3.05) is 6.17 Å². The van der Waals surface area contributed by atoms with Crippen molar-refractivity contribution in [3.63, 3.8) is 0 Å². The van der Waals surface area contributed by atoms with E-state index in [1.54, 1.807) is 0 Å². The van der Waals surface area contributed by atoms with Crippen LogP contribution in [0.4, 0.5) is 0 Å². The molecule has 4 rings (SSSR count). The van der Waals surface area contributed by atoms with Crippen molar-refractivity contribution in [2.45, 2.75) is 90.5 Å². The monoisotopic (exact) mass is 359 g/mol. The van der Waals surface area contributed by atoms with E-state index in [4.69, 9.17) is 0 Å². The maximum atomic E-state index is 4.54. The van der Waals surface area contributed by atoms with Crippen molar-refractivity contribution in [3.8, 4) is 0 Å². The molecule has 1 aliphatic heterocycles. The molecule has 1 heterocycles. The number of hydrogen-bond donors (Lipinski definition) is 0. The Morgan fingerprint density at radius 2 is 1.76 bits per heavy atom. The Morgan fingerprint density at radius 1 is 1.04 bits per heavy atom. The van der Waals surface area contributed by atoms with E-state index in [2.05, 4.69) is 51.7 Å². The van der Waals surface area contributed by atoms with E-state index >= 15 is 0 Å². The third-order valence-corrected chi connectivity index (χ3v) is 9.45. The molecule has 25 heavy (non-hydrogen) atoms. The molecule has 142 valence electrons. The molecule has 3 saturated carbocycles. The van der Waals surface area contributed by atoms with Crippen LogP contribution < -0.4 is 0 Å². The molecular weight excluding hydrogens is 318 g/mol. The second-order valence-electron chi connectivity index (χ2n) is 11.8. The topological polar surface area (TPSA) is 3.24 Å². The molecule has 2 heteroatoms. The van der Waals surface area contributed by atoms with E-state index in [0.717, 1.165) is 41.7 Å². The van der Waals surface area contributed by atoms with E-state index < -0.39 is 8.07 Å². The summed E-state index contributed by atoms with van der Waals surface area (Å²) in [6.07, 6.45) is 14.6. The summed E-state index contributed by atoms with van der Waals surface area (Å²) in [5.74, 6) is 4.75. The van der Waals surface area contributed by atoms with Crippen LogP contribution in [0.5, 0.6) is 0 Å². The number of likely N-dealkylation sites (tertiary alicyclic amines) is 1. The molecule has 0 aromatic rings. The first kappa shape index (κ1) is 18.5. The maximum Gasteiger partial charge on any atom is 0.0599 e. The lowest BCUT2D eigenvalue weighted by atomic mass is 9.63. The second-order valence-corrected chi connectivity index (χ2v) is 17.3. The first-order valence-corrected chi connectivity index (χ1v) is 14.8. The van der Waals surface area contributed by atoms with Crippen LogP contribution in [0.1, 0.15) is 58.8 Å². The lowest BCUT2D eigenvalue weighted by Crippen LogP contribution is -2.49. The van der Waals surface area contributed by atoms with Crippen LogP contribution in [0.25, 0.3) is 0 Å². The van der Waals surface area contributed by atoms with Crippen molar-refractivity contribution in [2.24, 2.45) is 35.0 Å². The van der Waals surface area contributed by atoms with Gasteiger partial charge in [0.05, 0.1) is 8.07 Å². The fourth-order valence-corrected chi connectivity index (χ4v) is 8.70. The zero-order chi connectivity index (χ0) is 18.0. The van der Waals surface area contributed by atoms with Gasteiger partial charge in [-0.25, -0.2) is 0 Å². The minimum Gasteiger partial charge on any atom is -0.299 e. The first-order chi connectivity index (χ1) is 11.6. The SMILES string of the molecule is [CH2]C(C)(C)C1CCC2C(C1)C1C3CCCCC3[CH]C1N2C[Si](C)(C)C. The fourth-order valence-electron chi connectivity index (χ4n) is 7.16. The summed E-state index contributed by atoms with van der Waals surface area (Å²) in [5, 5.41) is 0. The van der Waals surface area contributed by atoms with Gasteiger partial charge in [0.15, 0.2) is 0 Å². The van der Waals surface area contributed by atoms with Crippen LogP contribution in [0.2, 0.25) is 19.6 Å². The third-order valence-electron chi connectivity index (χ3n) is 8.14. The highest BCUT2D eigenvalue weighted by molar-refractivity contribution is 6.76. The van der Waals surface area contributed by atoms with E-state index in [9.17, 15) is 0 Å². The van der Waals surface area contributed by atoms with Gasteiger partial charge in [-0.3, -0.25) is 4.90 Å². The number of hydrogen-bond acceptors (Lipinski definition) is 1. The van der Waals surface area contributed by atoms with Gasteiger partial charge < -0.3 is 0 Å². The average Bonchev–Trinajstić information content (AvgIpc) is 3.01. The number of nitrogens with zero attached hydrogens (tertiary/aromatic N) is 1. The largest absolute Gasteiger partial charge is 0.299 e. The summed E-state index contributed by atoms with van der Waals surface area (Å²) in [6, 6.07) is 1.71. The standard InChI is InChI=1S/C23H41NSi/c1-23(2,3)17-11-12-20-19(14-17)22-18-10-8-7-9-16(18)13-21(22)24(20)15-25(4,5)6/h13,16-22H,1,7-12,14-15H2,2-6H3. The predicted octanol–water partition coefficient (Wildman–Crippen LogP) is 5.83. The molecule has 0 aromatic carbocycles. The Bertz CT molecular complexity index is 487. The fraction of sp³-hybridized carbons (Fsp3) is 0.913. The maximum absolute atomic E-state index is 4.54. The highest BCUT2D eigenvalue weighted by Gasteiger charge is 2.59. The Kier molecular flexibility index (Phi) is 4.72. The van der Waals surface area contributed by atoms with Crippen LogP contribution >= 0.6 is 0 Å². The van der Waals surface area contributed by atoms with Crippen molar-refractivity contribution >= 4 is 8.07 Å². The summed E-state index contributed by atoms with van der Waals surface area (Å²) in [7, 11) is -1.07. The minimum absolute atomic E-state index is 0.251. The van der Waals surface area contributed by atoms with Crippen LogP contribution in [-0.4, -0.2) is 31.2 Å². The van der Waals surface area contributed by atoms with Gasteiger partial charge in [-0.15, -0.1) is 0 Å². The lowest BCUT2D eigenvalue weighted by molar-refractivity contribution is 0.0812. The van der Waals surface area contributed by atoms with Crippen LogP contribution in [0.3, 0.4) is 0 Å². The van der Waals surface area contributed by atoms with Crippen LogP contribution in [-0.2, 0) is 0 Å². The average molecular weight is 360 g/mol. The lowest BCUT2D eigenvalue weighted by Gasteiger charge is -2.45. The Balaban J connectivity index is 1.61. The molecule has 0 amide bonds. The van der Waals surface area contributed by atoms with E-state index in [-0.39, 0.29) is 5.41 Å². The highest BCUT2D eigenvalue weighted by atomic mass is 28.3. The number of rotatable bonds is 3. The molecule has 4 fully saturated rings. The van der Waals surface area contributed by atoms with Crippen LogP contribution in [0, 0.1) is 48.3 Å². The Hall–Kier alpha value is 0.177. The van der Waals surface area contributed by atoms with Gasteiger partial charge in [0.1, 0.15) is 0 Å². The second kappa shape index (κ2) is 6.36. The van der Waals surface area contributed by atoms with Crippen molar-refractivity contribution in [3.05, 3.63) is 13.3 Å². The van der Waals surface area contributed by atoms with Gasteiger partial charge in [0, 0.05) is 12.1 Å². The molecule has 0 N–H and O–H groups in total. The molecular formula is C23H41NSi. The Morgan fingerprint density at radius 3 is 2.44 bits per heavy atom. The van der Waals surface area contributed by atoms with E-state index in [0.29, 0.717) is 0 Å². The summed E-state index contributed by atoms with van der Waals surface area (Å²) in [6.45, 7) is 17.0. The van der Waals surface area contributed by atoms with Crippen molar-refractivity contribution in [1.82, 2.24) is 4.90 Å². The molecule has 0 bridgehead atoms. The van der Waals surface area contributed by atoms with Gasteiger partial charge in [-0.05, 0) is 86.6 Å². The smallest absolute Gasteiger partial charge is 0.0599 e. The van der Waals surface area contributed by atoms with Crippen molar-refractivity contribution < 1.29 is 0 Å². The molecule has 4 aliphatic rings. The summed E-state index contributed by atoms with van der Waals surface area (Å²) in [5.41, 5.74) is 0.251. The molecule has 0 aromatic heterocycles. The van der Waals surface area contributed by atoms with Gasteiger partial charge >= 0.3 is 0 Å². The zero-order valence-corrected chi connectivity index (χ0v) is 18.4. The molecule has 7 unspecified atom stereocenters. The van der Waals surface area contributed by atoms with Crippen LogP contribution in [0.15, 0.2) is 0 Å². The summed E-state index contributed by atoms with van der Waals surface area (Å²) >= 11 is 0. The normalized spacial score (nSPS) is 45.1. The Labute approximate surface area is 158 Å². The third kappa shape index (κ3) is 3.40. The molecule has 0 spiro atoms. The molecule has 2 radical (unpaired) electrons. The first-order valence-electron chi connectivity index (χ1n) is 11.1. The van der Waals surface area contributed by atoms with E-state index in [1.807, 2.05) is 0 Å². The van der Waals surface area contributed by atoms with Crippen molar-refractivity contribution in [1.29, 1.82) is 0 Å². The molecule has 1 nitrogen and oxygen atoms in total. The van der Waals surface area contributed by atoms with Gasteiger partial charge in [0.2, 0.25) is 0 Å². The molecule has 7 atom stereocenters. The van der Waals surface area contributed by atoms with Gasteiger partial charge in [-0.2, -0.15) is 0 Å². The predicted molar refractivity (Wildman–Crippen MR) is 111 cm³/mol. The summed E-state index contributed by atoms with van der Waals surface area (Å²) < 4.78 is 0. The van der Waals surface area contributed by atoms with Gasteiger partial charge in [0.25, 0.3) is 0 Å². The quantitative estimate of drug-likeness (QED) is 0.573. The zero-order valence-electron chi connectivity index (χ0n) is 17.4. The molecule has 3 aliphatic carbocycles. The number of fused-ring (bicyclic) bond motifs is 5. The minimum atomic E-state index is -1.07. The highest BCUT2D eigenvalue weighted by Crippen LogP contribution is 2.59. The molecule has 1 saturated heterocycles. The van der Waals surface area contributed by atoms with E-state index in [1.165, 1.54) is 51.1 Å². The van der Waals surface area contributed by atoms with Gasteiger partial charge in [-0.1, -0.05) is 46.3 Å². The summed E-state index contributed by atoms with van der Waals surface area (Å²) in [4.78, 5) is 3.05.